The third-order valence-corrected chi connectivity index (χ3v) is 4.61. The summed E-state index contributed by atoms with van der Waals surface area (Å²) in [4.78, 5) is 12.3. The van der Waals surface area contributed by atoms with Crippen LogP contribution in [0.1, 0.15) is 40.0 Å². The smallest absolute Gasteiger partial charge is 0.227 e. The molecule has 0 spiro atoms. The Morgan fingerprint density at radius 2 is 2.29 bits per heavy atom. The summed E-state index contributed by atoms with van der Waals surface area (Å²) in [6.07, 6.45) is 2.98. The maximum absolute atomic E-state index is 12.3. The van der Waals surface area contributed by atoms with Gasteiger partial charge in [-0.15, -0.1) is 0 Å². The summed E-state index contributed by atoms with van der Waals surface area (Å²) in [5.41, 5.74) is -0.147. The number of nitrogens with one attached hydrogen (secondary N) is 2. The second-order valence-corrected chi connectivity index (χ2v) is 6.31. The molecule has 1 amide bonds. The van der Waals surface area contributed by atoms with Crippen molar-refractivity contribution in [2.24, 2.45) is 5.41 Å². The number of hydrogen-bond acceptors (Lipinski definition) is 3. The average Bonchev–Trinajstić information content (AvgIpc) is 2.79. The molecule has 0 bridgehead atoms. The number of amides is 1. The van der Waals surface area contributed by atoms with Crippen molar-refractivity contribution in [3.05, 3.63) is 0 Å². The predicted molar refractivity (Wildman–Crippen MR) is 75.4 cm³/mol. The molecule has 1 saturated heterocycles. The van der Waals surface area contributed by atoms with Crippen molar-refractivity contribution < 1.29 is 4.79 Å². The fourth-order valence-electron chi connectivity index (χ4n) is 2.25. The van der Waals surface area contributed by atoms with Crippen LogP contribution in [0, 0.1) is 5.41 Å². The molecule has 0 radical (unpaired) electrons. The molecule has 1 heterocycles. The van der Waals surface area contributed by atoms with Gasteiger partial charge in [-0.05, 0) is 44.2 Å². The molecule has 0 aromatic carbocycles. The van der Waals surface area contributed by atoms with E-state index in [0.717, 1.165) is 43.9 Å². The Bertz CT molecular complexity index is 240. The number of hydrogen-bond donors (Lipinski definition) is 2. The van der Waals surface area contributed by atoms with Gasteiger partial charge >= 0.3 is 0 Å². The van der Waals surface area contributed by atoms with Crippen LogP contribution in [-0.2, 0) is 4.79 Å². The van der Waals surface area contributed by atoms with Crippen LogP contribution in [-0.4, -0.2) is 36.5 Å². The fraction of sp³-hybridized carbons (Fsp3) is 0.923. The van der Waals surface area contributed by atoms with Gasteiger partial charge in [0.05, 0.1) is 5.41 Å². The van der Waals surface area contributed by atoms with Crippen molar-refractivity contribution in [3.8, 4) is 0 Å². The molecule has 0 aromatic heterocycles. The van der Waals surface area contributed by atoms with Crippen LogP contribution in [0.4, 0.5) is 0 Å². The van der Waals surface area contributed by atoms with Crippen molar-refractivity contribution in [2.75, 3.05) is 24.6 Å². The lowest BCUT2D eigenvalue weighted by Gasteiger charge is -2.27. The molecule has 100 valence electrons. The Balaban J connectivity index is 2.36. The lowest BCUT2D eigenvalue weighted by Crippen LogP contribution is -2.45. The summed E-state index contributed by atoms with van der Waals surface area (Å²) in [5.74, 6) is 2.54. The van der Waals surface area contributed by atoms with Gasteiger partial charge in [-0.2, -0.15) is 11.8 Å². The molecule has 2 unspecified atom stereocenters. The molecule has 0 aliphatic carbocycles. The van der Waals surface area contributed by atoms with Gasteiger partial charge in [0.2, 0.25) is 5.91 Å². The molecule has 17 heavy (non-hydrogen) atoms. The van der Waals surface area contributed by atoms with Gasteiger partial charge < -0.3 is 10.6 Å². The quantitative estimate of drug-likeness (QED) is 0.687. The average molecular weight is 258 g/mol. The zero-order valence-electron chi connectivity index (χ0n) is 11.3. The fourth-order valence-corrected chi connectivity index (χ4v) is 3.06. The van der Waals surface area contributed by atoms with Crippen LogP contribution in [0.25, 0.3) is 0 Å². The predicted octanol–water partition coefficient (Wildman–Crippen LogP) is 2.02. The topological polar surface area (TPSA) is 41.1 Å². The summed E-state index contributed by atoms with van der Waals surface area (Å²) >= 11 is 1.94. The molecule has 1 aliphatic rings. The van der Waals surface area contributed by atoms with Crippen molar-refractivity contribution in [3.63, 3.8) is 0 Å². The van der Waals surface area contributed by atoms with E-state index in [0.29, 0.717) is 6.04 Å². The molecule has 0 aromatic rings. The number of rotatable bonds is 7. The van der Waals surface area contributed by atoms with E-state index in [2.05, 4.69) is 31.4 Å². The molecule has 1 rings (SSSR count). The van der Waals surface area contributed by atoms with Gasteiger partial charge in [0.1, 0.15) is 0 Å². The standard InChI is InChI=1S/C13H26N2OS/c1-4-13(7-8-14-10-13)12(16)15-11(3)6-9-17-5-2/h11,14H,4-10H2,1-3H3,(H,15,16). The molecule has 1 aliphatic heterocycles. The van der Waals surface area contributed by atoms with Crippen molar-refractivity contribution in [1.82, 2.24) is 10.6 Å². The maximum atomic E-state index is 12.3. The van der Waals surface area contributed by atoms with Crippen LogP contribution >= 0.6 is 11.8 Å². The molecule has 2 N–H and O–H groups in total. The van der Waals surface area contributed by atoms with Gasteiger partial charge in [-0.1, -0.05) is 13.8 Å². The lowest BCUT2D eigenvalue weighted by atomic mass is 9.83. The van der Waals surface area contributed by atoms with Crippen molar-refractivity contribution >= 4 is 17.7 Å². The Kier molecular flexibility index (Phi) is 6.34. The molecular formula is C13H26N2OS. The molecule has 3 nitrogen and oxygen atoms in total. The van der Waals surface area contributed by atoms with Gasteiger partial charge in [-0.3, -0.25) is 4.79 Å². The SMILES string of the molecule is CCSCCC(C)NC(=O)C1(CC)CCNC1. The summed E-state index contributed by atoms with van der Waals surface area (Å²) in [6.45, 7) is 8.21. The zero-order chi connectivity index (χ0) is 12.7. The third-order valence-electron chi connectivity index (χ3n) is 3.68. The summed E-state index contributed by atoms with van der Waals surface area (Å²) in [5, 5.41) is 6.49. The van der Waals surface area contributed by atoms with Crippen LogP contribution in [0.5, 0.6) is 0 Å². The van der Waals surface area contributed by atoms with Crippen LogP contribution < -0.4 is 10.6 Å². The van der Waals surface area contributed by atoms with E-state index < -0.39 is 0 Å². The largest absolute Gasteiger partial charge is 0.353 e. The first-order valence-electron chi connectivity index (χ1n) is 6.74. The van der Waals surface area contributed by atoms with E-state index in [9.17, 15) is 4.79 Å². The Morgan fingerprint density at radius 3 is 2.82 bits per heavy atom. The van der Waals surface area contributed by atoms with Gasteiger partial charge in [0, 0.05) is 12.6 Å². The monoisotopic (exact) mass is 258 g/mol. The van der Waals surface area contributed by atoms with E-state index in [1.54, 1.807) is 0 Å². The molecule has 1 fully saturated rings. The van der Waals surface area contributed by atoms with Crippen LogP contribution in [0.3, 0.4) is 0 Å². The number of carbonyl (C=O) groups is 1. The van der Waals surface area contributed by atoms with Crippen molar-refractivity contribution in [2.45, 2.75) is 46.1 Å². The molecule has 2 atom stereocenters. The summed E-state index contributed by atoms with van der Waals surface area (Å²) in [6, 6.07) is 0.297. The second-order valence-electron chi connectivity index (χ2n) is 4.92. The first kappa shape index (κ1) is 14.8. The van der Waals surface area contributed by atoms with Crippen LogP contribution in [0.15, 0.2) is 0 Å². The molecule has 0 saturated carbocycles. The van der Waals surface area contributed by atoms with E-state index in [4.69, 9.17) is 0 Å². The van der Waals surface area contributed by atoms with E-state index in [1.807, 2.05) is 11.8 Å². The first-order chi connectivity index (χ1) is 8.14. The number of carbonyl (C=O) groups excluding carboxylic acids is 1. The highest BCUT2D eigenvalue weighted by Gasteiger charge is 2.39. The Labute approximate surface area is 109 Å². The Morgan fingerprint density at radius 1 is 1.53 bits per heavy atom. The van der Waals surface area contributed by atoms with Gasteiger partial charge in [-0.25, -0.2) is 0 Å². The van der Waals surface area contributed by atoms with E-state index in [-0.39, 0.29) is 11.3 Å². The molecule has 4 heteroatoms. The van der Waals surface area contributed by atoms with Crippen molar-refractivity contribution in [1.29, 1.82) is 0 Å². The lowest BCUT2D eigenvalue weighted by molar-refractivity contribution is -0.130. The zero-order valence-corrected chi connectivity index (χ0v) is 12.2. The first-order valence-corrected chi connectivity index (χ1v) is 7.89. The van der Waals surface area contributed by atoms with E-state index in [1.165, 1.54) is 0 Å². The minimum atomic E-state index is -0.147. The summed E-state index contributed by atoms with van der Waals surface area (Å²) in [7, 11) is 0. The summed E-state index contributed by atoms with van der Waals surface area (Å²) < 4.78 is 0. The highest BCUT2D eigenvalue weighted by atomic mass is 32.2. The maximum Gasteiger partial charge on any atom is 0.227 e. The third kappa shape index (κ3) is 4.18. The minimum Gasteiger partial charge on any atom is -0.353 e. The van der Waals surface area contributed by atoms with Gasteiger partial charge in [0.15, 0.2) is 0 Å². The number of thioether (sulfide) groups is 1. The second kappa shape index (κ2) is 7.27. The highest BCUT2D eigenvalue weighted by Crippen LogP contribution is 2.29. The normalized spacial score (nSPS) is 25.8. The minimum absolute atomic E-state index is 0.147. The Hall–Kier alpha value is -0.220. The van der Waals surface area contributed by atoms with E-state index >= 15 is 0 Å². The highest BCUT2D eigenvalue weighted by molar-refractivity contribution is 7.99. The van der Waals surface area contributed by atoms with Crippen LogP contribution in [0.2, 0.25) is 0 Å². The van der Waals surface area contributed by atoms with Gasteiger partial charge in [0.25, 0.3) is 0 Å². The molecular weight excluding hydrogens is 232 g/mol.